The number of amides is 1. The van der Waals surface area contributed by atoms with Gasteiger partial charge in [-0.05, 0) is 18.6 Å². The van der Waals surface area contributed by atoms with E-state index in [9.17, 15) is 9.59 Å². The van der Waals surface area contributed by atoms with Crippen LogP contribution in [0.25, 0.3) is 0 Å². The third-order valence-electron chi connectivity index (χ3n) is 2.71. The Labute approximate surface area is 119 Å². The lowest BCUT2D eigenvalue weighted by Gasteiger charge is -2.13. The largest absolute Gasteiger partial charge is 0.478 e. The van der Waals surface area contributed by atoms with E-state index in [1.807, 2.05) is 12.3 Å². The predicted molar refractivity (Wildman–Crippen MR) is 73.8 cm³/mol. The SMILES string of the molecule is CCC(NC(=O)c1ccc(C(=O)O)cn1)c1nccs1. The molecule has 2 aromatic rings. The van der Waals surface area contributed by atoms with E-state index in [0.29, 0.717) is 6.42 Å². The van der Waals surface area contributed by atoms with E-state index in [0.717, 1.165) is 5.01 Å². The average Bonchev–Trinajstić information content (AvgIpc) is 2.98. The van der Waals surface area contributed by atoms with E-state index in [2.05, 4.69) is 15.3 Å². The van der Waals surface area contributed by atoms with Gasteiger partial charge in [0.1, 0.15) is 10.7 Å². The molecule has 0 saturated carbocycles. The fourth-order valence-corrected chi connectivity index (χ4v) is 2.40. The maximum Gasteiger partial charge on any atom is 0.337 e. The number of aromatic carboxylic acids is 1. The van der Waals surface area contributed by atoms with Crippen LogP contribution in [0.3, 0.4) is 0 Å². The van der Waals surface area contributed by atoms with E-state index in [-0.39, 0.29) is 23.2 Å². The quantitative estimate of drug-likeness (QED) is 0.880. The minimum absolute atomic E-state index is 0.0496. The first kappa shape index (κ1) is 14.1. The smallest absolute Gasteiger partial charge is 0.337 e. The monoisotopic (exact) mass is 291 g/mol. The zero-order valence-corrected chi connectivity index (χ0v) is 11.6. The van der Waals surface area contributed by atoms with Gasteiger partial charge in [-0.15, -0.1) is 11.3 Å². The molecule has 6 nitrogen and oxygen atoms in total. The molecule has 7 heteroatoms. The summed E-state index contributed by atoms with van der Waals surface area (Å²) in [6, 6.07) is 2.59. The van der Waals surface area contributed by atoms with Gasteiger partial charge < -0.3 is 10.4 Å². The third kappa shape index (κ3) is 3.18. The summed E-state index contributed by atoms with van der Waals surface area (Å²) in [7, 11) is 0. The Morgan fingerprint density at radius 3 is 2.70 bits per heavy atom. The number of rotatable bonds is 5. The van der Waals surface area contributed by atoms with E-state index >= 15 is 0 Å². The molecule has 0 aromatic carbocycles. The highest BCUT2D eigenvalue weighted by Crippen LogP contribution is 2.19. The van der Waals surface area contributed by atoms with Gasteiger partial charge in [-0.2, -0.15) is 0 Å². The Kier molecular flexibility index (Phi) is 4.41. The van der Waals surface area contributed by atoms with Crippen molar-refractivity contribution >= 4 is 23.2 Å². The molecule has 0 spiro atoms. The fraction of sp³-hybridized carbons (Fsp3) is 0.231. The lowest BCUT2D eigenvalue weighted by molar-refractivity contribution is 0.0695. The summed E-state index contributed by atoms with van der Waals surface area (Å²) in [6.07, 6.45) is 3.57. The molecule has 0 saturated heterocycles. The minimum atomic E-state index is -1.07. The number of thiazole rings is 1. The lowest BCUT2D eigenvalue weighted by atomic mass is 10.2. The Morgan fingerprint density at radius 1 is 1.40 bits per heavy atom. The molecule has 2 aromatic heterocycles. The molecule has 1 amide bonds. The van der Waals surface area contributed by atoms with Gasteiger partial charge in [-0.25, -0.2) is 9.78 Å². The lowest BCUT2D eigenvalue weighted by Crippen LogP contribution is -2.28. The first-order valence-electron chi connectivity index (χ1n) is 6.01. The Hall–Kier alpha value is -2.28. The van der Waals surface area contributed by atoms with E-state index in [1.165, 1.54) is 29.7 Å². The summed E-state index contributed by atoms with van der Waals surface area (Å²) < 4.78 is 0. The summed E-state index contributed by atoms with van der Waals surface area (Å²) >= 11 is 1.48. The number of nitrogens with zero attached hydrogens (tertiary/aromatic N) is 2. The molecular formula is C13H13N3O3S. The number of carboxylic acids is 1. The summed E-state index contributed by atoms with van der Waals surface area (Å²) in [4.78, 5) is 30.8. The van der Waals surface area contributed by atoms with E-state index in [1.54, 1.807) is 6.20 Å². The molecule has 104 valence electrons. The summed E-state index contributed by atoms with van der Waals surface area (Å²) in [5.41, 5.74) is 0.235. The van der Waals surface area contributed by atoms with Crippen molar-refractivity contribution in [3.63, 3.8) is 0 Å². The minimum Gasteiger partial charge on any atom is -0.478 e. The highest BCUT2D eigenvalue weighted by molar-refractivity contribution is 7.09. The fourth-order valence-electron chi connectivity index (χ4n) is 1.63. The zero-order valence-electron chi connectivity index (χ0n) is 10.7. The highest BCUT2D eigenvalue weighted by atomic mass is 32.1. The number of hydrogen-bond acceptors (Lipinski definition) is 5. The number of carboxylic acid groups (broad SMARTS) is 1. The molecule has 0 fully saturated rings. The van der Waals surface area contributed by atoms with Gasteiger partial charge in [-0.1, -0.05) is 6.92 Å². The summed E-state index contributed by atoms with van der Waals surface area (Å²) in [6.45, 7) is 1.95. The van der Waals surface area contributed by atoms with Crippen molar-refractivity contribution in [1.82, 2.24) is 15.3 Å². The van der Waals surface area contributed by atoms with Gasteiger partial charge in [0.05, 0.1) is 11.6 Å². The zero-order chi connectivity index (χ0) is 14.5. The van der Waals surface area contributed by atoms with Crippen LogP contribution in [0.5, 0.6) is 0 Å². The number of pyridine rings is 1. The molecule has 0 aliphatic rings. The number of aromatic nitrogens is 2. The molecule has 2 heterocycles. The highest BCUT2D eigenvalue weighted by Gasteiger charge is 2.17. The predicted octanol–water partition coefficient (Wildman–Crippen LogP) is 2.12. The molecule has 2 N–H and O–H groups in total. The molecule has 2 rings (SSSR count). The molecule has 0 aliphatic carbocycles. The first-order chi connectivity index (χ1) is 9.61. The molecule has 1 atom stereocenters. The molecule has 0 bridgehead atoms. The Morgan fingerprint density at radius 2 is 2.20 bits per heavy atom. The second-order valence-corrected chi connectivity index (χ2v) is 4.97. The van der Waals surface area contributed by atoms with Gasteiger partial charge in [0.15, 0.2) is 0 Å². The van der Waals surface area contributed by atoms with Gasteiger partial charge >= 0.3 is 5.97 Å². The number of carbonyl (C=O) groups is 2. The van der Waals surface area contributed by atoms with Crippen molar-refractivity contribution in [2.45, 2.75) is 19.4 Å². The van der Waals surface area contributed by atoms with Crippen molar-refractivity contribution in [3.05, 3.63) is 46.2 Å². The van der Waals surface area contributed by atoms with E-state index < -0.39 is 5.97 Å². The Balaban J connectivity index is 2.09. The number of nitrogens with one attached hydrogen (secondary N) is 1. The van der Waals surface area contributed by atoms with Crippen LogP contribution in [-0.4, -0.2) is 27.0 Å². The van der Waals surface area contributed by atoms with Crippen LogP contribution in [0.1, 0.15) is 45.2 Å². The molecule has 1 unspecified atom stereocenters. The normalized spacial score (nSPS) is 11.8. The molecule has 0 radical (unpaired) electrons. The van der Waals surface area contributed by atoms with Crippen LogP contribution in [0.15, 0.2) is 29.9 Å². The summed E-state index contributed by atoms with van der Waals surface area (Å²) in [5.74, 6) is -1.41. The van der Waals surface area contributed by atoms with Crippen LogP contribution in [0.4, 0.5) is 0 Å². The van der Waals surface area contributed by atoms with Crippen molar-refractivity contribution in [3.8, 4) is 0 Å². The molecular weight excluding hydrogens is 278 g/mol. The van der Waals surface area contributed by atoms with Crippen molar-refractivity contribution in [2.75, 3.05) is 0 Å². The second-order valence-electron chi connectivity index (χ2n) is 4.04. The maximum absolute atomic E-state index is 12.0. The standard InChI is InChI=1S/C13H13N3O3S/c1-2-9(12-14-5-6-20-12)16-11(17)10-4-3-8(7-15-10)13(18)19/h3-7,9H,2H2,1H3,(H,16,17)(H,18,19). The van der Waals surface area contributed by atoms with Crippen LogP contribution < -0.4 is 5.32 Å². The van der Waals surface area contributed by atoms with Crippen molar-refractivity contribution < 1.29 is 14.7 Å². The van der Waals surface area contributed by atoms with Crippen LogP contribution in [0.2, 0.25) is 0 Å². The van der Waals surface area contributed by atoms with Crippen LogP contribution in [-0.2, 0) is 0 Å². The molecule has 20 heavy (non-hydrogen) atoms. The third-order valence-corrected chi connectivity index (χ3v) is 3.60. The van der Waals surface area contributed by atoms with Gasteiger partial charge in [-0.3, -0.25) is 9.78 Å². The van der Waals surface area contributed by atoms with Crippen LogP contribution >= 0.6 is 11.3 Å². The molecule has 0 aliphatic heterocycles. The van der Waals surface area contributed by atoms with Gasteiger partial charge in [0, 0.05) is 17.8 Å². The number of hydrogen-bond donors (Lipinski definition) is 2. The van der Waals surface area contributed by atoms with Crippen molar-refractivity contribution in [1.29, 1.82) is 0 Å². The number of carbonyl (C=O) groups excluding carboxylic acids is 1. The second kappa shape index (κ2) is 6.25. The van der Waals surface area contributed by atoms with E-state index in [4.69, 9.17) is 5.11 Å². The average molecular weight is 291 g/mol. The topological polar surface area (TPSA) is 92.2 Å². The van der Waals surface area contributed by atoms with Crippen LogP contribution in [0, 0.1) is 0 Å². The van der Waals surface area contributed by atoms with Crippen molar-refractivity contribution in [2.24, 2.45) is 0 Å². The maximum atomic E-state index is 12.0. The van der Waals surface area contributed by atoms with Gasteiger partial charge in [0.25, 0.3) is 5.91 Å². The first-order valence-corrected chi connectivity index (χ1v) is 6.89. The Bertz CT molecular complexity index is 596. The van der Waals surface area contributed by atoms with Gasteiger partial charge in [0.2, 0.25) is 0 Å². The summed E-state index contributed by atoms with van der Waals surface area (Å²) in [5, 5.41) is 14.3.